The molecular formula is C28H32N4O7S. The molecule has 12 heteroatoms. The molecule has 1 fully saturated rings. The number of amides is 3. The van der Waals surface area contributed by atoms with Crippen LogP contribution < -0.4 is 10.6 Å². The van der Waals surface area contributed by atoms with Crippen LogP contribution in [0.4, 0.5) is 5.69 Å². The topological polar surface area (TPSA) is 169 Å². The van der Waals surface area contributed by atoms with E-state index in [0.29, 0.717) is 11.3 Å². The summed E-state index contributed by atoms with van der Waals surface area (Å²) in [7, 11) is -4.99. The number of H-pyrrole nitrogens is 1. The third-order valence-electron chi connectivity index (χ3n) is 7.88. The molecule has 2 aromatic carbocycles. The molecule has 4 atom stereocenters. The van der Waals surface area contributed by atoms with E-state index in [1.165, 1.54) is 0 Å². The first-order valence-corrected chi connectivity index (χ1v) is 14.6. The fraction of sp³-hybridized carbons (Fsp3) is 0.393. The smallest absolute Gasteiger partial charge is 0.294 e. The highest BCUT2D eigenvalue weighted by molar-refractivity contribution is 7.86. The Labute approximate surface area is 231 Å². The molecule has 3 amide bonds. The van der Waals surface area contributed by atoms with E-state index in [4.69, 9.17) is 0 Å². The highest BCUT2D eigenvalue weighted by atomic mass is 32.2. The van der Waals surface area contributed by atoms with Gasteiger partial charge in [0.15, 0.2) is 0 Å². The van der Waals surface area contributed by atoms with Gasteiger partial charge in [-0.05, 0) is 55.0 Å². The predicted molar refractivity (Wildman–Crippen MR) is 148 cm³/mol. The second-order valence-electron chi connectivity index (χ2n) is 11.1. The summed E-state index contributed by atoms with van der Waals surface area (Å²) >= 11 is 0. The molecule has 1 saturated heterocycles. The predicted octanol–water partition coefficient (Wildman–Crippen LogP) is 2.32. The monoisotopic (exact) mass is 568 g/mol. The SMILES string of the molecule is Cc1cccc2[nH]c(C(=O)N[C@@H](CC(C)C)C(=O)N3C[C@]4(C[C@H]3C(O)S(=O)(=O)O)C(=O)Nc3ccccc34)cc12. The number of aryl methyl sites for hydroxylation is 1. The number of carbonyl (C=O) groups is 3. The van der Waals surface area contributed by atoms with Crippen molar-refractivity contribution >= 4 is 44.4 Å². The number of aromatic nitrogens is 1. The first kappa shape index (κ1) is 27.8. The van der Waals surface area contributed by atoms with Crippen molar-refractivity contribution in [3.63, 3.8) is 0 Å². The van der Waals surface area contributed by atoms with Crippen molar-refractivity contribution < 1.29 is 32.5 Å². The second kappa shape index (κ2) is 10.0. The largest absolute Gasteiger partial charge is 0.373 e. The molecule has 2 aliphatic heterocycles. The molecule has 40 heavy (non-hydrogen) atoms. The van der Waals surface area contributed by atoms with Crippen molar-refractivity contribution in [3.8, 4) is 0 Å². The van der Waals surface area contributed by atoms with Gasteiger partial charge >= 0.3 is 0 Å². The molecule has 5 rings (SSSR count). The van der Waals surface area contributed by atoms with Gasteiger partial charge in [-0.2, -0.15) is 8.42 Å². The quantitative estimate of drug-likeness (QED) is 0.273. The minimum atomic E-state index is -4.99. The van der Waals surface area contributed by atoms with Crippen LogP contribution in [0.1, 0.15) is 48.3 Å². The third kappa shape index (κ3) is 4.76. The van der Waals surface area contributed by atoms with E-state index in [1.807, 2.05) is 39.0 Å². The maximum absolute atomic E-state index is 14.1. The summed E-state index contributed by atoms with van der Waals surface area (Å²) in [5.74, 6) is -1.67. The molecule has 1 aromatic heterocycles. The number of hydrogen-bond donors (Lipinski definition) is 5. The van der Waals surface area contributed by atoms with Crippen molar-refractivity contribution in [2.24, 2.45) is 5.92 Å². The summed E-state index contributed by atoms with van der Waals surface area (Å²) < 4.78 is 33.8. The molecule has 0 saturated carbocycles. The molecule has 0 aliphatic carbocycles. The van der Waals surface area contributed by atoms with E-state index < -0.39 is 50.8 Å². The van der Waals surface area contributed by atoms with Crippen molar-refractivity contribution in [2.75, 3.05) is 11.9 Å². The van der Waals surface area contributed by atoms with Crippen LogP contribution in [0.5, 0.6) is 0 Å². The number of nitrogens with one attached hydrogen (secondary N) is 3. The van der Waals surface area contributed by atoms with Crippen LogP contribution in [-0.4, -0.2) is 69.7 Å². The normalized spacial score (nSPS) is 22.0. The van der Waals surface area contributed by atoms with Crippen LogP contribution in [0, 0.1) is 12.8 Å². The van der Waals surface area contributed by atoms with Crippen molar-refractivity contribution in [1.29, 1.82) is 0 Å². The van der Waals surface area contributed by atoms with Gasteiger partial charge in [0.2, 0.25) is 17.3 Å². The lowest BCUT2D eigenvalue weighted by molar-refractivity contribution is -0.136. The van der Waals surface area contributed by atoms with E-state index in [2.05, 4.69) is 15.6 Å². The lowest BCUT2D eigenvalue weighted by Crippen LogP contribution is -2.54. The fourth-order valence-corrected chi connectivity index (χ4v) is 6.57. The number of likely N-dealkylation sites (tertiary alicyclic amines) is 1. The minimum absolute atomic E-state index is 0.0452. The van der Waals surface area contributed by atoms with E-state index in [9.17, 15) is 32.5 Å². The Morgan fingerprint density at radius 3 is 2.58 bits per heavy atom. The van der Waals surface area contributed by atoms with Crippen LogP contribution in [0.15, 0.2) is 48.5 Å². The number of nitrogens with zero attached hydrogens (tertiary/aromatic N) is 1. The summed E-state index contributed by atoms with van der Waals surface area (Å²) in [5, 5.41) is 17.1. The molecule has 0 bridgehead atoms. The van der Waals surface area contributed by atoms with E-state index in [0.717, 1.165) is 21.4 Å². The maximum atomic E-state index is 14.1. The van der Waals surface area contributed by atoms with Gasteiger partial charge in [-0.3, -0.25) is 18.9 Å². The number of hydrogen-bond acceptors (Lipinski definition) is 6. The van der Waals surface area contributed by atoms with Crippen molar-refractivity contribution in [2.45, 2.75) is 56.5 Å². The Morgan fingerprint density at radius 2 is 1.90 bits per heavy atom. The standard InChI is InChI=1S/C28H32N4O7S/c1-15(2)11-22(30-24(33)21-12-17-16(3)7-6-10-19(17)29-21)25(34)32-14-28(13-23(32)26(35)40(37,38)39)18-8-4-5-9-20(18)31-27(28)36/h4-10,12,15,22-23,26,29,35H,11,13-14H2,1-3H3,(H,30,33)(H,31,36)(H,37,38,39)/t22-,23-,26?,28-/m0/s1. The third-order valence-corrected chi connectivity index (χ3v) is 8.80. The van der Waals surface area contributed by atoms with E-state index in [1.54, 1.807) is 30.3 Å². The number of benzene rings is 2. The number of aromatic amines is 1. The fourth-order valence-electron chi connectivity index (χ4n) is 5.93. The van der Waals surface area contributed by atoms with Gasteiger partial charge in [-0.25, -0.2) is 0 Å². The summed E-state index contributed by atoms with van der Waals surface area (Å²) in [4.78, 5) is 44.8. The Hall–Kier alpha value is -3.74. The first-order chi connectivity index (χ1) is 18.8. The van der Waals surface area contributed by atoms with E-state index in [-0.39, 0.29) is 31.0 Å². The molecule has 3 aromatic rings. The number of rotatable bonds is 7. The van der Waals surface area contributed by atoms with Crippen LogP contribution >= 0.6 is 0 Å². The zero-order valence-electron chi connectivity index (χ0n) is 22.3. The highest BCUT2D eigenvalue weighted by Crippen LogP contribution is 2.47. The lowest BCUT2D eigenvalue weighted by Gasteiger charge is -2.31. The lowest BCUT2D eigenvalue weighted by atomic mass is 9.79. The van der Waals surface area contributed by atoms with E-state index >= 15 is 0 Å². The summed E-state index contributed by atoms with van der Waals surface area (Å²) in [6.07, 6.45) is -0.0169. The number of fused-ring (bicyclic) bond motifs is 3. The first-order valence-electron chi connectivity index (χ1n) is 13.1. The van der Waals surface area contributed by atoms with Crippen molar-refractivity contribution in [1.82, 2.24) is 15.2 Å². The van der Waals surface area contributed by atoms with Gasteiger partial charge in [0.25, 0.3) is 16.0 Å². The Morgan fingerprint density at radius 1 is 1.18 bits per heavy atom. The van der Waals surface area contributed by atoms with Gasteiger partial charge in [-0.1, -0.05) is 44.2 Å². The second-order valence-corrected chi connectivity index (χ2v) is 12.6. The van der Waals surface area contributed by atoms with Gasteiger partial charge in [-0.15, -0.1) is 0 Å². The molecule has 5 N–H and O–H groups in total. The zero-order chi connectivity index (χ0) is 29.0. The Kier molecular flexibility index (Phi) is 6.97. The molecule has 1 unspecified atom stereocenters. The number of carbonyl (C=O) groups excluding carboxylic acids is 3. The van der Waals surface area contributed by atoms with Crippen LogP contribution in [0.25, 0.3) is 10.9 Å². The Balaban J connectivity index is 1.49. The molecule has 3 heterocycles. The number of aliphatic hydroxyl groups excluding tert-OH is 1. The molecule has 212 valence electrons. The molecule has 2 aliphatic rings. The van der Waals surface area contributed by atoms with Crippen LogP contribution in [0.2, 0.25) is 0 Å². The average molecular weight is 569 g/mol. The van der Waals surface area contributed by atoms with Gasteiger partial charge in [0.1, 0.15) is 11.7 Å². The van der Waals surface area contributed by atoms with Gasteiger partial charge in [0.05, 0.1) is 11.5 Å². The number of anilines is 1. The summed E-state index contributed by atoms with van der Waals surface area (Å²) in [6.45, 7) is 5.43. The summed E-state index contributed by atoms with van der Waals surface area (Å²) in [6, 6.07) is 11.7. The molecule has 11 nitrogen and oxygen atoms in total. The highest BCUT2D eigenvalue weighted by Gasteiger charge is 2.59. The number of para-hydroxylation sites is 1. The average Bonchev–Trinajstić information content (AvgIpc) is 3.57. The van der Waals surface area contributed by atoms with Gasteiger partial charge < -0.3 is 25.6 Å². The van der Waals surface area contributed by atoms with Gasteiger partial charge in [0, 0.05) is 23.1 Å². The number of aliphatic hydroxyl groups is 1. The van der Waals surface area contributed by atoms with Crippen LogP contribution in [-0.2, 0) is 25.1 Å². The molecule has 0 radical (unpaired) electrons. The minimum Gasteiger partial charge on any atom is -0.373 e. The maximum Gasteiger partial charge on any atom is 0.294 e. The van der Waals surface area contributed by atoms with Crippen molar-refractivity contribution in [3.05, 3.63) is 65.4 Å². The summed E-state index contributed by atoms with van der Waals surface area (Å²) in [5.41, 5.74) is -0.582. The van der Waals surface area contributed by atoms with Crippen LogP contribution in [0.3, 0.4) is 0 Å². The zero-order valence-corrected chi connectivity index (χ0v) is 23.2. The Bertz CT molecular complexity index is 1620. The molecule has 1 spiro atoms. The molecular weight excluding hydrogens is 536 g/mol.